The van der Waals surface area contributed by atoms with E-state index >= 15 is 0 Å². The molecule has 1 amide bonds. The molecule has 0 spiro atoms. The first-order valence-electron chi connectivity index (χ1n) is 8.23. The standard InChI is InChI=1S/C18H15N5O3S2/c1-26-12-6-3-2-5-11(12)19-16(25)10-28-18-21-17(13-7-4-8-27-13)20-14-9-15(24)22-23(14)18/h2-9H,10H2,1H3,(H,19,25)(H,22,24). The molecule has 0 aliphatic carbocycles. The maximum absolute atomic E-state index is 12.4. The number of carbonyl (C=O) groups is 1. The Balaban J connectivity index is 1.57. The number of fused-ring (bicyclic) bond motifs is 1. The summed E-state index contributed by atoms with van der Waals surface area (Å²) in [5.74, 6) is 0.990. The molecular weight excluding hydrogens is 398 g/mol. The predicted octanol–water partition coefficient (Wildman–Crippen LogP) is 2.89. The lowest BCUT2D eigenvalue weighted by atomic mass is 10.3. The number of benzene rings is 1. The molecule has 3 aromatic heterocycles. The van der Waals surface area contributed by atoms with Crippen molar-refractivity contribution in [3.63, 3.8) is 0 Å². The fourth-order valence-corrected chi connectivity index (χ4v) is 3.97. The van der Waals surface area contributed by atoms with E-state index in [0.29, 0.717) is 28.1 Å². The third-order valence-electron chi connectivity index (χ3n) is 3.78. The molecule has 0 aliphatic heterocycles. The fraction of sp³-hybridized carbons (Fsp3) is 0.111. The van der Waals surface area contributed by atoms with Crippen LogP contribution in [0.2, 0.25) is 0 Å². The summed E-state index contributed by atoms with van der Waals surface area (Å²) in [5.41, 5.74) is 0.770. The van der Waals surface area contributed by atoms with Crippen LogP contribution in [-0.2, 0) is 4.79 Å². The van der Waals surface area contributed by atoms with Gasteiger partial charge >= 0.3 is 0 Å². The summed E-state index contributed by atoms with van der Waals surface area (Å²) in [6.45, 7) is 0. The molecule has 28 heavy (non-hydrogen) atoms. The number of hydrogen-bond acceptors (Lipinski definition) is 7. The molecule has 0 unspecified atom stereocenters. The Kier molecular flexibility index (Phi) is 5.13. The molecule has 1 aromatic carbocycles. The van der Waals surface area contributed by atoms with Crippen LogP contribution >= 0.6 is 23.1 Å². The Morgan fingerprint density at radius 3 is 2.93 bits per heavy atom. The van der Waals surface area contributed by atoms with Gasteiger partial charge in [-0.15, -0.1) is 11.3 Å². The number of hydrogen-bond donors (Lipinski definition) is 2. The Labute approximate surface area is 167 Å². The van der Waals surface area contributed by atoms with Crippen LogP contribution in [0, 0.1) is 0 Å². The molecule has 0 saturated heterocycles. The Morgan fingerprint density at radius 1 is 1.29 bits per heavy atom. The van der Waals surface area contributed by atoms with Gasteiger partial charge in [-0.1, -0.05) is 30.0 Å². The summed E-state index contributed by atoms with van der Waals surface area (Å²) in [6, 6.07) is 12.4. The van der Waals surface area contributed by atoms with E-state index in [-0.39, 0.29) is 17.2 Å². The van der Waals surface area contributed by atoms with E-state index in [2.05, 4.69) is 20.4 Å². The van der Waals surface area contributed by atoms with E-state index in [1.54, 1.807) is 19.2 Å². The van der Waals surface area contributed by atoms with Gasteiger partial charge in [-0.2, -0.15) is 0 Å². The highest BCUT2D eigenvalue weighted by molar-refractivity contribution is 7.99. The Hall–Kier alpha value is -3.11. The predicted molar refractivity (Wildman–Crippen MR) is 109 cm³/mol. The zero-order valence-electron chi connectivity index (χ0n) is 14.7. The van der Waals surface area contributed by atoms with Crippen LogP contribution in [0.1, 0.15) is 0 Å². The first-order chi connectivity index (χ1) is 13.6. The second-order valence-electron chi connectivity index (χ2n) is 5.66. The molecule has 3 heterocycles. The van der Waals surface area contributed by atoms with Gasteiger partial charge in [-0.05, 0) is 23.6 Å². The van der Waals surface area contributed by atoms with Crippen molar-refractivity contribution in [1.29, 1.82) is 0 Å². The second kappa shape index (κ2) is 7.87. The normalized spacial score (nSPS) is 10.9. The van der Waals surface area contributed by atoms with Gasteiger partial charge in [0.2, 0.25) is 5.91 Å². The molecule has 0 bridgehead atoms. The number of thioether (sulfide) groups is 1. The second-order valence-corrected chi connectivity index (χ2v) is 7.55. The Bertz CT molecular complexity index is 1180. The molecule has 142 valence electrons. The van der Waals surface area contributed by atoms with Crippen LogP contribution in [0.4, 0.5) is 5.69 Å². The third-order valence-corrected chi connectivity index (χ3v) is 5.58. The highest BCUT2D eigenvalue weighted by Gasteiger charge is 2.14. The van der Waals surface area contributed by atoms with Gasteiger partial charge in [0.1, 0.15) is 5.75 Å². The number of carbonyl (C=O) groups excluding carboxylic acids is 1. The van der Waals surface area contributed by atoms with Crippen molar-refractivity contribution in [3.8, 4) is 16.5 Å². The van der Waals surface area contributed by atoms with E-state index in [9.17, 15) is 9.59 Å². The van der Waals surface area contributed by atoms with Crippen LogP contribution < -0.4 is 15.6 Å². The quantitative estimate of drug-likeness (QED) is 0.472. The van der Waals surface area contributed by atoms with Crippen molar-refractivity contribution >= 4 is 40.3 Å². The number of thiophene rings is 1. The van der Waals surface area contributed by atoms with Gasteiger partial charge in [-0.3, -0.25) is 14.7 Å². The molecule has 8 nitrogen and oxygen atoms in total. The number of H-pyrrole nitrogens is 1. The minimum Gasteiger partial charge on any atom is -0.495 e. The highest BCUT2D eigenvalue weighted by atomic mass is 32.2. The first kappa shape index (κ1) is 18.3. The molecule has 0 radical (unpaired) electrons. The van der Waals surface area contributed by atoms with Crippen molar-refractivity contribution in [3.05, 3.63) is 58.2 Å². The topological polar surface area (TPSA) is 101 Å². The number of nitrogens with one attached hydrogen (secondary N) is 2. The molecule has 10 heteroatoms. The minimum atomic E-state index is -0.280. The lowest BCUT2D eigenvalue weighted by molar-refractivity contribution is -0.113. The van der Waals surface area contributed by atoms with E-state index in [1.165, 1.54) is 33.7 Å². The summed E-state index contributed by atoms with van der Waals surface area (Å²) in [5, 5.41) is 7.89. The van der Waals surface area contributed by atoms with Crippen molar-refractivity contribution in [1.82, 2.24) is 19.6 Å². The molecule has 4 aromatic rings. The lowest BCUT2D eigenvalue weighted by Crippen LogP contribution is -2.15. The lowest BCUT2D eigenvalue weighted by Gasteiger charge is -2.10. The van der Waals surface area contributed by atoms with Crippen LogP contribution in [0.5, 0.6) is 5.75 Å². The minimum absolute atomic E-state index is 0.105. The van der Waals surface area contributed by atoms with Crippen LogP contribution in [0.25, 0.3) is 16.3 Å². The smallest absolute Gasteiger partial charge is 0.266 e. The number of aromatic nitrogens is 4. The molecular formula is C18H15N5O3S2. The molecule has 4 rings (SSSR count). The average molecular weight is 413 g/mol. The van der Waals surface area contributed by atoms with Crippen molar-refractivity contribution in [2.45, 2.75) is 5.16 Å². The zero-order valence-corrected chi connectivity index (χ0v) is 16.3. The largest absolute Gasteiger partial charge is 0.495 e. The number of rotatable bonds is 6. The van der Waals surface area contributed by atoms with Gasteiger partial charge in [0.15, 0.2) is 16.6 Å². The highest BCUT2D eigenvalue weighted by Crippen LogP contribution is 2.26. The summed E-state index contributed by atoms with van der Waals surface area (Å²) in [4.78, 5) is 34.0. The zero-order chi connectivity index (χ0) is 19.5. The SMILES string of the molecule is COc1ccccc1NC(=O)CSc1nc(-c2cccs2)nc2cc(=O)[nH]n12. The van der Waals surface area contributed by atoms with Gasteiger partial charge in [0.25, 0.3) is 5.56 Å². The van der Waals surface area contributed by atoms with Crippen molar-refractivity contribution in [2.75, 3.05) is 18.2 Å². The summed E-state index contributed by atoms with van der Waals surface area (Å²) in [7, 11) is 1.55. The van der Waals surface area contributed by atoms with Crippen LogP contribution in [-0.4, -0.2) is 38.4 Å². The monoisotopic (exact) mass is 413 g/mol. The maximum Gasteiger partial charge on any atom is 0.266 e. The molecule has 2 N–H and O–H groups in total. The van der Waals surface area contributed by atoms with Crippen LogP contribution in [0.15, 0.2) is 57.8 Å². The number of para-hydroxylation sites is 2. The first-order valence-corrected chi connectivity index (χ1v) is 10.1. The maximum atomic E-state index is 12.4. The summed E-state index contributed by atoms with van der Waals surface area (Å²) >= 11 is 2.71. The summed E-state index contributed by atoms with van der Waals surface area (Å²) < 4.78 is 6.73. The van der Waals surface area contributed by atoms with E-state index in [1.807, 2.05) is 29.6 Å². The number of aromatic amines is 1. The van der Waals surface area contributed by atoms with E-state index < -0.39 is 0 Å². The van der Waals surface area contributed by atoms with Crippen molar-refractivity contribution in [2.24, 2.45) is 0 Å². The molecule has 0 fully saturated rings. The number of nitrogens with zero attached hydrogens (tertiary/aromatic N) is 3. The number of ether oxygens (including phenoxy) is 1. The van der Waals surface area contributed by atoms with Gasteiger partial charge < -0.3 is 10.1 Å². The fourth-order valence-electron chi connectivity index (χ4n) is 2.56. The van der Waals surface area contributed by atoms with E-state index in [0.717, 1.165) is 4.88 Å². The molecule has 0 aliphatic rings. The van der Waals surface area contributed by atoms with Crippen LogP contribution in [0.3, 0.4) is 0 Å². The average Bonchev–Trinajstić information content (AvgIpc) is 3.35. The number of anilines is 1. The molecule has 0 atom stereocenters. The van der Waals surface area contributed by atoms with Gasteiger partial charge in [0, 0.05) is 6.07 Å². The van der Waals surface area contributed by atoms with Crippen molar-refractivity contribution < 1.29 is 9.53 Å². The molecule has 0 saturated carbocycles. The number of methoxy groups -OCH3 is 1. The third kappa shape index (κ3) is 3.78. The van der Waals surface area contributed by atoms with Gasteiger partial charge in [0.05, 0.1) is 23.4 Å². The van der Waals surface area contributed by atoms with E-state index in [4.69, 9.17) is 4.74 Å². The number of amides is 1. The van der Waals surface area contributed by atoms with Gasteiger partial charge in [-0.25, -0.2) is 14.5 Å². The Morgan fingerprint density at radius 2 is 2.14 bits per heavy atom. The summed E-state index contributed by atoms with van der Waals surface area (Å²) in [6.07, 6.45) is 0.